The Morgan fingerprint density at radius 3 is 2.14 bits per heavy atom. The zero-order chi connectivity index (χ0) is 24.8. The Morgan fingerprint density at radius 1 is 0.943 bits per heavy atom. The van der Waals surface area contributed by atoms with Crippen LogP contribution in [0.1, 0.15) is 22.6 Å². The van der Waals surface area contributed by atoms with Gasteiger partial charge in [0.15, 0.2) is 6.61 Å². The van der Waals surface area contributed by atoms with E-state index in [0.29, 0.717) is 11.3 Å². The number of benzene rings is 3. The minimum Gasteiger partial charge on any atom is -0.479 e. The van der Waals surface area contributed by atoms with Gasteiger partial charge in [-0.2, -0.15) is 0 Å². The highest BCUT2D eigenvalue weighted by Gasteiger charge is 2.29. The van der Waals surface area contributed by atoms with Crippen molar-refractivity contribution < 1.29 is 29.1 Å². The minimum atomic E-state index is -1.17. The number of anilines is 1. The number of carboxylic acids is 1. The van der Waals surface area contributed by atoms with Gasteiger partial charge < -0.3 is 9.84 Å². The molecule has 1 aliphatic rings. The van der Waals surface area contributed by atoms with Crippen molar-refractivity contribution in [1.82, 2.24) is 5.06 Å². The number of amides is 2. The molecule has 178 valence electrons. The van der Waals surface area contributed by atoms with Crippen LogP contribution in [0, 0.1) is 0 Å². The average molecular weight is 472 g/mol. The molecule has 35 heavy (non-hydrogen) atoms. The van der Waals surface area contributed by atoms with Gasteiger partial charge >= 0.3 is 12.1 Å². The second-order valence-electron chi connectivity index (χ2n) is 7.91. The number of carbonyl (C=O) groups is 3. The van der Waals surface area contributed by atoms with Crippen molar-refractivity contribution in [2.45, 2.75) is 5.92 Å². The molecule has 0 saturated carbocycles. The monoisotopic (exact) mass is 472 g/mol. The number of hydrogen-bond acceptors (Lipinski definition) is 5. The van der Waals surface area contributed by atoms with Gasteiger partial charge in [0.05, 0.1) is 0 Å². The maximum atomic E-state index is 12.4. The van der Waals surface area contributed by atoms with E-state index in [9.17, 15) is 14.4 Å². The summed E-state index contributed by atoms with van der Waals surface area (Å²) in [5.74, 6) is -1.70. The molecule has 0 aromatic heterocycles. The number of hydroxylamine groups is 2. The molecule has 0 heterocycles. The van der Waals surface area contributed by atoms with Gasteiger partial charge in [0.1, 0.15) is 6.61 Å². The van der Waals surface area contributed by atoms with Gasteiger partial charge in [-0.25, -0.2) is 14.7 Å². The van der Waals surface area contributed by atoms with Crippen molar-refractivity contribution in [3.05, 3.63) is 95.6 Å². The number of fused-ring (bicyclic) bond motifs is 3. The summed E-state index contributed by atoms with van der Waals surface area (Å²) < 4.78 is 5.55. The SMILES string of the molecule is CN(OCC(=O)O)C(=O)/C=C/c1ccc(NC(=O)OCC2c3ccccc3-c3ccccc32)cc1. The molecule has 3 aromatic carbocycles. The van der Waals surface area contributed by atoms with Crippen LogP contribution in [0.5, 0.6) is 0 Å². The standard InChI is InChI=1S/C27H24N2O6/c1-29(35-17-26(31)32)25(30)15-12-18-10-13-19(14-11-18)28-27(33)34-16-24-22-8-4-2-6-20(22)21-7-3-5-9-23(21)24/h2-15,24H,16-17H2,1H3,(H,28,33)(H,31,32)/b15-12+. The molecule has 2 amide bonds. The number of aliphatic carboxylic acids is 1. The Hall–Kier alpha value is -4.43. The van der Waals surface area contributed by atoms with Crippen molar-refractivity contribution in [3.63, 3.8) is 0 Å². The van der Waals surface area contributed by atoms with E-state index in [1.807, 2.05) is 24.3 Å². The number of rotatable bonds is 8. The minimum absolute atomic E-state index is 0.0178. The third kappa shape index (κ3) is 5.74. The molecule has 0 unspecified atom stereocenters. The van der Waals surface area contributed by atoms with Crippen LogP contribution in [0.3, 0.4) is 0 Å². The number of hydrogen-bond donors (Lipinski definition) is 2. The van der Waals surface area contributed by atoms with E-state index in [4.69, 9.17) is 14.7 Å². The maximum absolute atomic E-state index is 12.4. The average Bonchev–Trinajstić information content (AvgIpc) is 3.19. The third-order valence-corrected chi connectivity index (χ3v) is 5.61. The molecule has 3 aromatic rings. The van der Waals surface area contributed by atoms with Crippen LogP contribution in [0.25, 0.3) is 17.2 Å². The second-order valence-corrected chi connectivity index (χ2v) is 7.91. The van der Waals surface area contributed by atoms with E-state index in [0.717, 1.165) is 16.2 Å². The predicted octanol–water partition coefficient (Wildman–Crippen LogP) is 4.54. The Bertz CT molecular complexity index is 1220. The van der Waals surface area contributed by atoms with Crippen molar-refractivity contribution >= 4 is 29.7 Å². The lowest BCUT2D eigenvalue weighted by molar-refractivity contribution is -0.181. The molecule has 0 aliphatic heterocycles. The smallest absolute Gasteiger partial charge is 0.411 e. The van der Waals surface area contributed by atoms with Gasteiger partial charge in [-0.05, 0) is 46.0 Å². The highest BCUT2D eigenvalue weighted by atomic mass is 16.7. The first-order valence-corrected chi connectivity index (χ1v) is 10.9. The summed E-state index contributed by atoms with van der Waals surface area (Å²) in [7, 11) is 1.33. The molecule has 0 bridgehead atoms. The molecule has 0 atom stereocenters. The first-order chi connectivity index (χ1) is 16.9. The zero-order valence-corrected chi connectivity index (χ0v) is 19.0. The lowest BCUT2D eigenvalue weighted by Gasteiger charge is -2.14. The van der Waals surface area contributed by atoms with Gasteiger partial charge in [0.25, 0.3) is 5.91 Å². The summed E-state index contributed by atoms with van der Waals surface area (Å²) in [6.07, 6.45) is 2.26. The van der Waals surface area contributed by atoms with Crippen molar-refractivity contribution in [3.8, 4) is 11.1 Å². The number of carbonyl (C=O) groups excluding carboxylic acids is 2. The predicted molar refractivity (Wildman–Crippen MR) is 131 cm³/mol. The number of carboxylic acid groups (broad SMARTS) is 1. The maximum Gasteiger partial charge on any atom is 0.411 e. The Morgan fingerprint density at radius 2 is 1.54 bits per heavy atom. The molecular weight excluding hydrogens is 448 g/mol. The highest BCUT2D eigenvalue weighted by molar-refractivity contribution is 5.91. The van der Waals surface area contributed by atoms with Crippen LogP contribution >= 0.6 is 0 Å². The van der Waals surface area contributed by atoms with Crippen molar-refractivity contribution in [2.75, 3.05) is 25.6 Å². The summed E-state index contributed by atoms with van der Waals surface area (Å²) in [6.45, 7) is -0.382. The summed E-state index contributed by atoms with van der Waals surface area (Å²) in [5, 5.41) is 12.1. The summed E-state index contributed by atoms with van der Waals surface area (Å²) in [4.78, 5) is 39.6. The third-order valence-electron chi connectivity index (χ3n) is 5.61. The van der Waals surface area contributed by atoms with Gasteiger partial charge in [0, 0.05) is 24.7 Å². The van der Waals surface area contributed by atoms with Crippen molar-refractivity contribution in [1.29, 1.82) is 0 Å². The topological polar surface area (TPSA) is 105 Å². The van der Waals surface area contributed by atoms with E-state index in [-0.39, 0.29) is 12.5 Å². The van der Waals surface area contributed by atoms with Gasteiger partial charge in [-0.15, -0.1) is 0 Å². The molecule has 2 N–H and O–H groups in total. The largest absolute Gasteiger partial charge is 0.479 e. The first kappa shape index (κ1) is 23.7. The molecule has 0 saturated heterocycles. The number of nitrogens with zero attached hydrogens (tertiary/aromatic N) is 1. The van der Waals surface area contributed by atoms with Crippen LogP contribution in [-0.2, 0) is 19.2 Å². The fourth-order valence-corrected chi connectivity index (χ4v) is 3.92. The molecule has 8 nitrogen and oxygen atoms in total. The quantitative estimate of drug-likeness (QED) is 0.369. The van der Waals surface area contributed by atoms with Gasteiger partial charge in [-0.3, -0.25) is 14.9 Å². The molecular formula is C27H24N2O6. The molecule has 1 aliphatic carbocycles. The van der Waals surface area contributed by atoms with Gasteiger partial charge in [-0.1, -0.05) is 60.7 Å². The Kier molecular flexibility index (Phi) is 7.23. The first-order valence-electron chi connectivity index (χ1n) is 10.9. The number of nitrogens with one attached hydrogen (secondary N) is 1. The lowest BCUT2D eigenvalue weighted by Crippen LogP contribution is -2.27. The van der Waals surface area contributed by atoms with E-state index < -0.39 is 24.6 Å². The van der Waals surface area contributed by atoms with E-state index >= 15 is 0 Å². The number of ether oxygens (including phenoxy) is 1. The fourth-order valence-electron chi connectivity index (χ4n) is 3.92. The van der Waals surface area contributed by atoms with Crippen LogP contribution in [0.4, 0.5) is 10.5 Å². The fraction of sp³-hybridized carbons (Fsp3) is 0.148. The van der Waals surface area contributed by atoms with E-state index in [1.165, 1.54) is 24.3 Å². The molecule has 0 radical (unpaired) electrons. The van der Waals surface area contributed by atoms with Crippen LogP contribution in [0.15, 0.2) is 78.9 Å². The highest BCUT2D eigenvalue weighted by Crippen LogP contribution is 2.44. The normalized spacial score (nSPS) is 12.1. The zero-order valence-electron chi connectivity index (χ0n) is 19.0. The number of likely N-dealkylation sites (N-methyl/N-ethyl adjacent to an activating group) is 1. The molecule has 0 spiro atoms. The van der Waals surface area contributed by atoms with Crippen LogP contribution < -0.4 is 5.32 Å². The van der Waals surface area contributed by atoms with Gasteiger partial charge in [0.2, 0.25) is 0 Å². The molecule has 8 heteroatoms. The molecule has 4 rings (SSSR count). The van der Waals surface area contributed by atoms with Crippen molar-refractivity contribution in [2.24, 2.45) is 0 Å². The summed E-state index contributed by atoms with van der Waals surface area (Å²) >= 11 is 0. The van der Waals surface area contributed by atoms with Crippen LogP contribution in [-0.4, -0.2) is 48.4 Å². The Balaban J connectivity index is 1.31. The summed E-state index contributed by atoms with van der Waals surface area (Å²) in [5.41, 5.74) is 5.88. The van der Waals surface area contributed by atoms with E-state index in [1.54, 1.807) is 30.3 Å². The van der Waals surface area contributed by atoms with E-state index in [2.05, 4.69) is 29.6 Å². The van der Waals surface area contributed by atoms with Crippen LogP contribution in [0.2, 0.25) is 0 Å². The lowest BCUT2D eigenvalue weighted by atomic mass is 9.98. The Labute approximate surface area is 202 Å². The summed E-state index contributed by atoms with van der Waals surface area (Å²) in [6, 6.07) is 23.1. The molecule has 0 fully saturated rings. The second kappa shape index (κ2) is 10.7.